The fraction of sp³-hybridized carbons (Fsp3) is 0.182. The summed E-state index contributed by atoms with van der Waals surface area (Å²) in [6.07, 6.45) is 0. The van der Waals surface area contributed by atoms with Gasteiger partial charge in [-0.3, -0.25) is 9.36 Å². The Labute approximate surface area is 166 Å². The molecule has 27 heavy (non-hydrogen) atoms. The third-order valence-electron chi connectivity index (χ3n) is 4.66. The van der Waals surface area contributed by atoms with Crippen molar-refractivity contribution in [1.82, 2.24) is 9.55 Å². The molecule has 5 heteroatoms. The molecule has 0 saturated carbocycles. The van der Waals surface area contributed by atoms with Crippen molar-refractivity contribution in [2.24, 2.45) is 0 Å². The Kier molecular flexibility index (Phi) is 5.14. The van der Waals surface area contributed by atoms with Crippen LogP contribution in [0.5, 0.6) is 0 Å². The van der Waals surface area contributed by atoms with Crippen LogP contribution in [0.25, 0.3) is 10.9 Å². The van der Waals surface area contributed by atoms with Gasteiger partial charge in [-0.15, -0.1) is 11.3 Å². The molecule has 0 saturated heterocycles. The molecule has 0 radical (unpaired) electrons. The van der Waals surface area contributed by atoms with E-state index in [9.17, 15) is 4.79 Å². The van der Waals surface area contributed by atoms with Crippen molar-refractivity contribution >= 4 is 34.0 Å². The SMILES string of the molecule is Cc1ccc(CSc2nc3ccccc3c(=O)n2Cc2cccs2)cc1C. The van der Waals surface area contributed by atoms with E-state index >= 15 is 0 Å². The summed E-state index contributed by atoms with van der Waals surface area (Å²) in [5.74, 6) is 0.788. The minimum Gasteiger partial charge on any atom is -0.282 e. The average molecular weight is 393 g/mol. The second-order valence-electron chi connectivity index (χ2n) is 6.59. The number of thioether (sulfide) groups is 1. The van der Waals surface area contributed by atoms with Crippen molar-refractivity contribution in [3.8, 4) is 0 Å². The first-order valence-electron chi connectivity index (χ1n) is 8.83. The lowest BCUT2D eigenvalue weighted by Gasteiger charge is -2.13. The van der Waals surface area contributed by atoms with E-state index in [1.165, 1.54) is 16.7 Å². The Bertz CT molecular complexity index is 1150. The van der Waals surface area contributed by atoms with E-state index in [-0.39, 0.29) is 5.56 Å². The molecule has 0 aliphatic heterocycles. The van der Waals surface area contributed by atoms with Crippen LogP contribution in [0.15, 0.2) is 69.9 Å². The van der Waals surface area contributed by atoms with Gasteiger partial charge in [-0.2, -0.15) is 0 Å². The molecule has 2 aromatic carbocycles. The maximum Gasteiger partial charge on any atom is 0.262 e. The molecular weight excluding hydrogens is 372 g/mol. The number of hydrogen-bond donors (Lipinski definition) is 0. The lowest BCUT2D eigenvalue weighted by Crippen LogP contribution is -2.23. The number of para-hydroxylation sites is 1. The number of fused-ring (bicyclic) bond motifs is 1. The van der Waals surface area contributed by atoms with Crippen LogP contribution in [0.1, 0.15) is 21.6 Å². The normalized spacial score (nSPS) is 11.2. The Morgan fingerprint density at radius 2 is 1.89 bits per heavy atom. The zero-order valence-corrected chi connectivity index (χ0v) is 16.9. The largest absolute Gasteiger partial charge is 0.282 e. The van der Waals surface area contributed by atoms with Gasteiger partial charge >= 0.3 is 0 Å². The summed E-state index contributed by atoms with van der Waals surface area (Å²) in [6, 6.07) is 18.2. The first kappa shape index (κ1) is 18.0. The van der Waals surface area contributed by atoms with E-state index in [0.717, 1.165) is 21.3 Å². The lowest BCUT2D eigenvalue weighted by atomic mass is 10.1. The third-order valence-corrected chi connectivity index (χ3v) is 6.57. The molecule has 3 nitrogen and oxygen atoms in total. The molecular formula is C22H20N2OS2. The maximum atomic E-state index is 13.1. The third kappa shape index (κ3) is 3.84. The maximum absolute atomic E-state index is 13.1. The van der Waals surface area contributed by atoms with E-state index in [0.29, 0.717) is 11.9 Å². The van der Waals surface area contributed by atoms with Gasteiger partial charge in [0.2, 0.25) is 0 Å². The highest BCUT2D eigenvalue weighted by Crippen LogP contribution is 2.24. The highest BCUT2D eigenvalue weighted by molar-refractivity contribution is 7.98. The van der Waals surface area contributed by atoms with Crippen molar-refractivity contribution in [2.75, 3.05) is 0 Å². The van der Waals surface area contributed by atoms with Crippen LogP contribution >= 0.6 is 23.1 Å². The lowest BCUT2D eigenvalue weighted by molar-refractivity contribution is 0.664. The molecule has 0 N–H and O–H groups in total. The molecule has 0 aliphatic carbocycles. The molecule has 0 bridgehead atoms. The molecule has 136 valence electrons. The molecule has 0 fully saturated rings. The number of hydrogen-bond acceptors (Lipinski definition) is 4. The first-order valence-corrected chi connectivity index (χ1v) is 10.7. The number of thiophene rings is 1. The van der Waals surface area contributed by atoms with Gasteiger partial charge in [0.15, 0.2) is 5.16 Å². The zero-order valence-electron chi connectivity index (χ0n) is 15.3. The van der Waals surface area contributed by atoms with Crippen molar-refractivity contribution in [3.05, 3.63) is 91.9 Å². The van der Waals surface area contributed by atoms with Gasteiger partial charge < -0.3 is 0 Å². The van der Waals surface area contributed by atoms with Crippen LogP contribution in [0.2, 0.25) is 0 Å². The first-order chi connectivity index (χ1) is 13.1. The summed E-state index contributed by atoms with van der Waals surface area (Å²) in [6.45, 7) is 4.81. The number of nitrogens with zero attached hydrogens (tertiary/aromatic N) is 2. The predicted molar refractivity (Wildman–Crippen MR) is 115 cm³/mol. The smallest absolute Gasteiger partial charge is 0.262 e. The summed E-state index contributed by atoms with van der Waals surface area (Å²) in [5, 5.41) is 3.48. The molecule has 4 rings (SSSR count). The molecule has 2 heterocycles. The van der Waals surface area contributed by atoms with E-state index in [1.807, 2.05) is 35.7 Å². The molecule has 0 unspecified atom stereocenters. The molecule has 0 spiro atoms. The topological polar surface area (TPSA) is 34.9 Å². The zero-order chi connectivity index (χ0) is 18.8. The highest BCUT2D eigenvalue weighted by Gasteiger charge is 2.13. The van der Waals surface area contributed by atoms with Crippen LogP contribution in [0, 0.1) is 13.8 Å². The summed E-state index contributed by atoms with van der Waals surface area (Å²) in [4.78, 5) is 19.1. The Hall–Kier alpha value is -2.37. The fourth-order valence-corrected chi connectivity index (χ4v) is 4.63. The van der Waals surface area contributed by atoms with Crippen LogP contribution in [0.4, 0.5) is 0 Å². The van der Waals surface area contributed by atoms with E-state index in [1.54, 1.807) is 27.7 Å². The summed E-state index contributed by atoms with van der Waals surface area (Å²) in [5.41, 5.74) is 4.61. The number of rotatable bonds is 5. The van der Waals surface area contributed by atoms with Gasteiger partial charge in [0.1, 0.15) is 0 Å². The standard InChI is InChI=1S/C22H20N2OS2/c1-15-9-10-17(12-16(15)2)14-27-22-23-20-8-4-3-7-19(20)21(25)24(22)13-18-6-5-11-26-18/h3-12H,13-14H2,1-2H3. The Morgan fingerprint density at radius 3 is 2.67 bits per heavy atom. The van der Waals surface area contributed by atoms with E-state index in [2.05, 4.69) is 38.1 Å². The van der Waals surface area contributed by atoms with Crippen molar-refractivity contribution in [1.29, 1.82) is 0 Å². The van der Waals surface area contributed by atoms with Gasteiger partial charge in [-0.05, 0) is 54.1 Å². The van der Waals surface area contributed by atoms with Crippen LogP contribution in [-0.4, -0.2) is 9.55 Å². The monoisotopic (exact) mass is 392 g/mol. The van der Waals surface area contributed by atoms with Crippen molar-refractivity contribution in [2.45, 2.75) is 31.3 Å². The van der Waals surface area contributed by atoms with Gasteiger partial charge in [-0.1, -0.05) is 48.2 Å². The van der Waals surface area contributed by atoms with E-state index < -0.39 is 0 Å². The summed E-state index contributed by atoms with van der Waals surface area (Å²) in [7, 11) is 0. The number of benzene rings is 2. The average Bonchev–Trinajstić information content (AvgIpc) is 3.18. The van der Waals surface area contributed by atoms with Gasteiger partial charge in [0.25, 0.3) is 5.56 Å². The van der Waals surface area contributed by atoms with Crippen molar-refractivity contribution in [3.63, 3.8) is 0 Å². The number of aromatic nitrogens is 2. The molecule has 0 amide bonds. The molecule has 2 aromatic heterocycles. The minimum absolute atomic E-state index is 0.0246. The molecule has 0 aliphatic rings. The van der Waals surface area contributed by atoms with Crippen LogP contribution in [-0.2, 0) is 12.3 Å². The van der Waals surface area contributed by atoms with Crippen molar-refractivity contribution < 1.29 is 0 Å². The summed E-state index contributed by atoms with van der Waals surface area (Å²) >= 11 is 3.28. The van der Waals surface area contributed by atoms with Crippen LogP contribution in [0.3, 0.4) is 0 Å². The number of aryl methyl sites for hydroxylation is 2. The predicted octanol–water partition coefficient (Wildman–Crippen LogP) is 5.42. The summed E-state index contributed by atoms with van der Waals surface area (Å²) < 4.78 is 1.81. The van der Waals surface area contributed by atoms with Gasteiger partial charge in [0, 0.05) is 10.6 Å². The van der Waals surface area contributed by atoms with Gasteiger partial charge in [0.05, 0.1) is 17.4 Å². The van der Waals surface area contributed by atoms with E-state index in [4.69, 9.17) is 4.98 Å². The minimum atomic E-state index is 0.0246. The fourth-order valence-electron chi connectivity index (χ4n) is 3.00. The molecule has 4 aromatic rings. The second-order valence-corrected chi connectivity index (χ2v) is 8.56. The van der Waals surface area contributed by atoms with Gasteiger partial charge in [-0.25, -0.2) is 4.98 Å². The second kappa shape index (κ2) is 7.71. The Balaban J connectivity index is 1.73. The molecule has 0 atom stereocenters. The Morgan fingerprint density at radius 1 is 1.04 bits per heavy atom. The quantitative estimate of drug-likeness (QED) is 0.336. The highest BCUT2D eigenvalue weighted by atomic mass is 32.2. The van der Waals surface area contributed by atoms with Crippen LogP contribution < -0.4 is 5.56 Å².